The van der Waals surface area contributed by atoms with Crippen molar-refractivity contribution < 1.29 is 14.7 Å². The van der Waals surface area contributed by atoms with Gasteiger partial charge in [-0.2, -0.15) is 0 Å². The van der Waals surface area contributed by atoms with E-state index in [9.17, 15) is 9.59 Å². The predicted molar refractivity (Wildman–Crippen MR) is 68.9 cm³/mol. The third kappa shape index (κ3) is 3.70. The molecule has 1 amide bonds. The smallest absolute Gasteiger partial charge is 0.306 e. The van der Waals surface area contributed by atoms with Gasteiger partial charge in [0.25, 0.3) is 0 Å². The van der Waals surface area contributed by atoms with Gasteiger partial charge in [0.05, 0.1) is 5.92 Å². The second-order valence-corrected chi connectivity index (χ2v) is 5.26. The van der Waals surface area contributed by atoms with Gasteiger partial charge >= 0.3 is 5.97 Å². The van der Waals surface area contributed by atoms with Gasteiger partial charge in [0.1, 0.15) is 0 Å². The number of hydrogen-bond acceptors (Lipinski definition) is 3. The van der Waals surface area contributed by atoms with Crippen molar-refractivity contribution in [1.29, 1.82) is 0 Å². The first-order valence-electron chi connectivity index (χ1n) is 6.70. The number of aliphatic carboxylic acids is 1. The molecule has 0 bridgehead atoms. The molecule has 1 aliphatic heterocycles. The highest BCUT2D eigenvalue weighted by Gasteiger charge is 2.33. The van der Waals surface area contributed by atoms with Gasteiger partial charge < -0.3 is 15.7 Å². The molecule has 0 spiro atoms. The Hall–Kier alpha value is -1.10. The van der Waals surface area contributed by atoms with Crippen molar-refractivity contribution >= 4 is 11.9 Å². The zero-order valence-electron chi connectivity index (χ0n) is 11.3. The van der Waals surface area contributed by atoms with Gasteiger partial charge in [-0.05, 0) is 24.8 Å². The van der Waals surface area contributed by atoms with Gasteiger partial charge in [-0.25, -0.2) is 0 Å². The van der Waals surface area contributed by atoms with Crippen LogP contribution in [0, 0.1) is 17.8 Å². The van der Waals surface area contributed by atoms with Crippen LogP contribution >= 0.6 is 0 Å². The molecule has 3 unspecified atom stereocenters. The van der Waals surface area contributed by atoms with Crippen LogP contribution in [0.1, 0.15) is 33.1 Å². The number of amides is 1. The molecule has 3 N–H and O–H groups in total. The van der Waals surface area contributed by atoms with Gasteiger partial charge in [0.15, 0.2) is 0 Å². The van der Waals surface area contributed by atoms with Gasteiger partial charge in [0, 0.05) is 19.5 Å². The topological polar surface area (TPSA) is 83.6 Å². The Labute approximate surface area is 108 Å². The van der Waals surface area contributed by atoms with Crippen molar-refractivity contribution in [3.05, 3.63) is 0 Å². The molecular formula is C13H24N2O3. The summed E-state index contributed by atoms with van der Waals surface area (Å²) in [7, 11) is 0. The molecule has 3 atom stereocenters. The molecule has 1 saturated heterocycles. The quantitative estimate of drug-likeness (QED) is 0.766. The molecule has 1 aliphatic rings. The molecule has 18 heavy (non-hydrogen) atoms. The van der Waals surface area contributed by atoms with Crippen molar-refractivity contribution in [1.82, 2.24) is 4.90 Å². The Morgan fingerprint density at radius 1 is 1.50 bits per heavy atom. The van der Waals surface area contributed by atoms with Crippen LogP contribution in [0.2, 0.25) is 0 Å². The average molecular weight is 256 g/mol. The minimum Gasteiger partial charge on any atom is -0.481 e. The van der Waals surface area contributed by atoms with Crippen LogP contribution in [0.3, 0.4) is 0 Å². The summed E-state index contributed by atoms with van der Waals surface area (Å²) < 4.78 is 0. The number of rotatable bonds is 5. The standard InChI is InChI=1S/C13H24N2O3/c1-3-10(7-14)6-12(16)15-5-4-11(13(17)18)9(2)8-15/h9-11H,3-8,14H2,1-2H3,(H,17,18). The number of carbonyl (C=O) groups is 2. The van der Waals surface area contributed by atoms with Crippen molar-refractivity contribution in [2.24, 2.45) is 23.5 Å². The summed E-state index contributed by atoms with van der Waals surface area (Å²) in [5, 5.41) is 9.04. The first kappa shape index (κ1) is 15.0. The second-order valence-electron chi connectivity index (χ2n) is 5.26. The average Bonchev–Trinajstić information content (AvgIpc) is 2.34. The largest absolute Gasteiger partial charge is 0.481 e. The van der Waals surface area contributed by atoms with Crippen LogP contribution in [0.25, 0.3) is 0 Å². The van der Waals surface area contributed by atoms with E-state index in [4.69, 9.17) is 10.8 Å². The molecule has 1 rings (SSSR count). The number of hydrogen-bond donors (Lipinski definition) is 2. The van der Waals surface area contributed by atoms with Crippen molar-refractivity contribution in [2.45, 2.75) is 33.1 Å². The van der Waals surface area contributed by atoms with Crippen LogP contribution in [-0.2, 0) is 9.59 Å². The third-order valence-corrected chi connectivity index (χ3v) is 3.95. The van der Waals surface area contributed by atoms with E-state index in [1.54, 1.807) is 4.90 Å². The molecular weight excluding hydrogens is 232 g/mol. The predicted octanol–water partition coefficient (Wildman–Crippen LogP) is 0.931. The van der Waals surface area contributed by atoms with Crippen molar-refractivity contribution in [2.75, 3.05) is 19.6 Å². The Balaban J connectivity index is 2.50. The van der Waals surface area contributed by atoms with Crippen LogP contribution in [-0.4, -0.2) is 41.5 Å². The maximum Gasteiger partial charge on any atom is 0.306 e. The molecule has 0 aromatic rings. The molecule has 0 aromatic carbocycles. The number of likely N-dealkylation sites (tertiary alicyclic amines) is 1. The maximum absolute atomic E-state index is 12.1. The SMILES string of the molecule is CCC(CN)CC(=O)N1CCC(C(=O)O)C(C)C1. The molecule has 0 saturated carbocycles. The van der Waals surface area contributed by atoms with Gasteiger partial charge in [-0.3, -0.25) is 9.59 Å². The fraction of sp³-hybridized carbons (Fsp3) is 0.846. The molecule has 0 aromatic heterocycles. The minimum absolute atomic E-state index is 0.0261. The van der Waals surface area contributed by atoms with Gasteiger partial charge in [0.2, 0.25) is 5.91 Å². The molecule has 0 aliphatic carbocycles. The number of nitrogens with zero attached hydrogens (tertiary/aromatic N) is 1. The molecule has 1 fully saturated rings. The summed E-state index contributed by atoms with van der Waals surface area (Å²) in [6, 6.07) is 0. The number of carboxylic acids is 1. The number of carboxylic acid groups (broad SMARTS) is 1. The van der Waals surface area contributed by atoms with E-state index in [-0.39, 0.29) is 23.7 Å². The normalized spacial score (nSPS) is 25.8. The van der Waals surface area contributed by atoms with Crippen molar-refractivity contribution in [3.8, 4) is 0 Å². The summed E-state index contributed by atoms with van der Waals surface area (Å²) in [4.78, 5) is 24.9. The van der Waals surface area contributed by atoms with E-state index >= 15 is 0 Å². The molecule has 1 heterocycles. The highest BCUT2D eigenvalue weighted by Crippen LogP contribution is 2.24. The van der Waals surface area contributed by atoms with Crippen LogP contribution in [0.5, 0.6) is 0 Å². The fourth-order valence-corrected chi connectivity index (χ4v) is 2.51. The number of carbonyl (C=O) groups excluding carboxylic acids is 1. The van der Waals surface area contributed by atoms with Crippen molar-refractivity contribution in [3.63, 3.8) is 0 Å². The monoisotopic (exact) mass is 256 g/mol. The van der Waals surface area contributed by atoms with Crippen LogP contribution in [0.4, 0.5) is 0 Å². The van der Waals surface area contributed by atoms with Gasteiger partial charge in [-0.1, -0.05) is 20.3 Å². The lowest BCUT2D eigenvalue weighted by Gasteiger charge is -2.35. The molecule has 5 nitrogen and oxygen atoms in total. The van der Waals surface area contributed by atoms with E-state index in [0.717, 1.165) is 6.42 Å². The molecule has 5 heteroatoms. The lowest BCUT2D eigenvalue weighted by Crippen LogP contribution is -2.45. The lowest BCUT2D eigenvalue weighted by molar-refractivity contribution is -0.148. The minimum atomic E-state index is -0.747. The zero-order valence-corrected chi connectivity index (χ0v) is 11.3. The highest BCUT2D eigenvalue weighted by atomic mass is 16.4. The third-order valence-electron chi connectivity index (χ3n) is 3.95. The van der Waals surface area contributed by atoms with E-state index in [0.29, 0.717) is 32.5 Å². The molecule has 0 radical (unpaired) electrons. The van der Waals surface area contributed by atoms with E-state index in [1.807, 2.05) is 13.8 Å². The van der Waals surface area contributed by atoms with E-state index in [2.05, 4.69) is 0 Å². The molecule has 104 valence electrons. The Kier molecular flexibility index (Phi) is 5.59. The number of nitrogens with two attached hydrogens (primary N) is 1. The second kappa shape index (κ2) is 6.73. The summed E-state index contributed by atoms with van der Waals surface area (Å²) in [6.45, 7) is 5.57. The summed E-state index contributed by atoms with van der Waals surface area (Å²) in [5.74, 6) is -0.681. The number of piperidine rings is 1. The summed E-state index contributed by atoms with van der Waals surface area (Å²) >= 11 is 0. The first-order chi connectivity index (χ1) is 8.49. The van der Waals surface area contributed by atoms with E-state index in [1.165, 1.54) is 0 Å². The van der Waals surface area contributed by atoms with E-state index < -0.39 is 5.97 Å². The fourth-order valence-electron chi connectivity index (χ4n) is 2.51. The first-order valence-corrected chi connectivity index (χ1v) is 6.70. The highest BCUT2D eigenvalue weighted by molar-refractivity contribution is 5.77. The Morgan fingerprint density at radius 3 is 2.61 bits per heavy atom. The summed E-state index contributed by atoms with van der Waals surface area (Å²) in [5.41, 5.74) is 5.60. The zero-order chi connectivity index (χ0) is 13.7. The Bertz CT molecular complexity index is 303. The maximum atomic E-state index is 12.1. The Morgan fingerprint density at radius 2 is 2.17 bits per heavy atom. The van der Waals surface area contributed by atoms with Crippen LogP contribution in [0.15, 0.2) is 0 Å². The van der Waals surface area contributed by atoms with Gasteiger partial charge in [-0.15, -0.1) is 0 Å². The van der Waals surface area contributed by atoms with Crippen LogP contribution < -0.4 is 5.73 Å². The summed E-state index contributed by atoms with van der Waals surface area (Å²) in [6.07, 6.45) is 1.95. The lowest BCUT2D eigenvalue weighted by atomic mass is 9.86.